The van der Waals surface area contributed by atoms with Crippen molar-refractivity contribution >= 4 is 35.0 Å². The molecule has 1 aliphatic rings. The Bertz CT molecular complexity index is 777. The first-order valence-electron chi connectivity index (χ1n) is 7.36. The summed E-state index contributed by atoms with van der Waals surface area (Å²) in [7, 11) is 0. The molecule has 0 fully saturated rings. The molecular weight excluding hydrogens is 332 g/mol. The molecule has 2 aromatic rings. The molecule has 0 unspecified atom stereocenters. The van der Waals surface area contributed by atoms with Crippen LogP contribution in [0.15, 0.2) is 42.5 Å². The van der Waals surface area contributed by atoms with Crippen LogP contribution in [-0.4, -0.2) is 25.3 Å². The van der Waals surface area contributed by atoms with Gasteiger partial charge in [0.05, 0.1) is 12.3 Å². The van der Waals surface area contributed by atoms with Gasteiger partial charge in [-0.2, -0.15) is 0 Å². The minimum atomic E-state index is -0.464. The Hall–Kier alpha value is -2.73. The number of hydrogen-bond donors (Lipinski definition) is 1. The maximum atomic E-state index is 12.2. The van der Waals surface area contributed by atoms with E-state index in [1.54, 1.807) is 49.4 Å². The highest BCUT2D eigenvalue weighted by Crippen LogP contribution is 2.36. The number of amides is 2. The van der Waals surface area contributed by atoms with Gasteiger partial charge in [0.2, 0.25) is 0 Å². The molecule has 7 heteroatoms. The van der Waals surface area contributed by atoms with Crippen molar-refractivity contribution in [2.24, 2.45) is 0 Å². The summed E-state index contributed by atoms with van der Waals surface area (Å²) in [6, 6.07) is 11.7. The molecule has 0 saturated heterocycles. The Kier molecular flexibility index (Phi) is 4.57. The molecule has 0 aliphatic carbocycles. The third-order valence-corrected chi connectivity index (χ3v) is 3.70. The fourth-order valence-electron chi connectivity index (χ4n) is 2.29. The summed E-state index contributed by atoms with van der Waals surface area (Å²) in [5.41, 5.74) is 1.67. The normalized spacial score (nSPS) is 12.3. The lowest BCUT2D eigenvalue weighted by atomic mass is 10.2. The molecule has 0 spiro atoms. The summed E-state index contributed by atoms with van der Waals surface area (Å²) in [5.74, 6) is 0.254. The van der Waals surface area contributed by atoms with Crippen LogP contribution >= 0.6 is 11.6 Å². The molecule has 3 rings (SSSR count). The third-order valence-electron chi connectivity index (χ3n) is 3.45. The van der Waals surface area contributed by atoms with Gasteiger partial charge in [0.25, 0.3) is 5.91 Å². The van der Waals surface area contributed by atoms with E-state index in [0.717, 1.165) is 0 Å². The van der Waals surface area contributed by atoms with Crippen molar-refractivity contribution < 1.29 is 19.1 Å². The number of rotatable bonds is 3. The van der Waals surface area contributed by atoms with Crippen LogP contribution < -0.4 is 15.0 Å². The first kappa shape index (κ1) is 16.1. The Morgan fingerprint density at radius 1 is 1.25 bits per heavy atom. The zero-order chi connectivity index (χ0) is 17.1. The first-order chi connectivity index (χ1) is 11.6. The summed E-state index contributed by atoms with van der Waals surface area (Å²) in [6.07, 6.45) is -0.464. The average molecular weight is 347 g/mol. The number of fused-ring (bicyclic) bond motifs is 1. The van der Waals surface area contributed by atoms with Crippen LogP contribution in [0, 0.1) is 0 Å². The fourth-order valence-corrected chi connectivity index (χ4v) is 2.42. The molecule has 124 valence electrons. The molecule has 0 bridgehead atoms. The molecule has 2 amide bonds. The van der Waals surface area contributed by atoms with Crippen molar-refractivity contribution in [1.29, 1.82) is 0 Å². The molecular formula is C17H15ClN2O4. The van der Waals surface area contributed by atoms with Crippen molar-refractivity contribution in [2.45, 2.75) is 6.92 Å². The highest BCUT2D eigenvalue weighted by molar-refractivity contribution is 6.30. The second kappa shape index (κ2) is 6.80. The number of carbonyl (C=O) groups is 2. The molecule has 1 heterocycles. The highest BCUT2D eigenvalue weighted by atomic mass is 35.5. The topological polar surface area (TPSA) is 67.9 Å². The summed E-state index contributed by atoms with van der Waals surface area (Å²) < 4.78 is 10.4. The van der Waals surface area contributed by atoms with Crippen LogP contribution in [0.25, 0.3) is 0 Å². The largest absolute Gasteiger partial charge is 0.470 e. The maximum Gasteiger partial charge on any atom is 0.417 e. The molecule has 0 aromatic heterocycles. The van der Waals surface area contributed by atoms with Gasteiger partial charge < -0.3 is 14.8 Å². The van der Waals surface area contributed by atoms with Crippen molar-refractivity contribution in [1.82, 2.24) is 0 Å². The number of anilines is 2. The summed E-state index contributed by atoms with van der Waals surface area (Å²) in [6.45, 7) is 2.12. The molecule has 6 nitrogen and oxygen atoms in total. The number of benzene rings is 2. The van der Waals surface area contributed by atoms with Gasteiger partial charge in [-0.05, 0) is 43.3 Å². The van der Waals surface area contributed by atoms with E-state index in [1.165, 1.54) is 4.90 Å². The molecule has 0 radical (unpaired) electrons. The van der Waals surface area contributed by atoms with Gasteiger partial charge in [0.15, 0.2) is 6.73 Å². The molecule has 2 aromatic carbocycles. The molecule has 24 heavy (non-hydrogen) atoms. The third kappa shape index (κ3) is 3.28. The molecule has 0 saturated carbocycles. The van der Waals surface area contributed by atoms with E-state index in [0.29, 0.717) is 34.3 Å². The Morgan fingerprint density at radius 2 is 2.00 bits per heavy atom. The summed E-state index contributed by atoms with van der Waals surface area (Å²) in [5, 5.41) is 3.35. The monoisotopic (exact) mass is 346 g/mol. The van der Waals surface area contributed by atoms with Gasteiger partial charge in [-0.1, -0.05) is 11.6 Å². The van der Waals surface area contributed by atoms with Crippen LogP contribution in [0.5, 0.6) is 5.75 Å². The lowest BCUT2D eigenvalue weighted by Crippen LogP contribution is -2.30. The predicted octanol–water partition coefficient (Wildman–Crippen LogP) is 3.91. The second-order valence-corrected chi connectivity index (χ2v) is 5.48. The Balaban J connectivity index is 1.74. The van der Waals surface area contributed by atoms with Gasteiger partial charge >= 0.3 is 6.09 Å². The standard InChI is InChI=1S/C17H15ClN2O4/c1-2-23-17(22)20-10-24-15-9-13(7-8-14(15)20)19-16(21)11-3-5-12(18)6-4-11/h3-9H,2,10H2,1H3,(H,19,21). The smallest absolute Gasteiger partial charge is 0.417 e. The van der Waals surface area contributed by atoms with E-state index in [9.17, 15) is 9.59 Å². The lowest BCUT2D eigenvalue weighted by Gasteiger charge is -2.13. The number of nitrogens with one attached hydrogen (secondary N) is 1. The van der Waals surface area contributed by atoms with E-state index in [2.05, 4.69) is 5.32 Å². The number of halogens is 1. The summed E-state index contributed by atoms with van der Waals surface area (Å²) >= 11 is 5.81. The van der Waals surface area contributed by atoms with Gasteiger partial charge in [0, 0.05) is 22.3 Å². The summed E-state index contributed by atoms with van der Waals surface area (Å²) in [4.78, 5) is 25.4. The van der Waals surface area contributed by atoms with Crippen molar-refractivity contribution in [2.75, 3.05) is 23.6 Å². The first-order valence-corrected chi connectivity index (χ1v) is 7.74. The van der Waals surface area contributed by atoms with Gasteiger partial charge in [-0.25, -0.2) is 9.69 Å². The van der Waals surface area contributed by atoms with Crippen molar-refractivity contribution in [3.63, 3.8) is 0 Å². The second-order valence-electron chi connectivity index (χ2n) is 5.04. The SMILES string of the molecule is CCOC(=O)N1COc2cc(NC(=O)c3ccc(Cl)cc3)ccc21. The minimum Gasteiger partial charge on any atom is -0.470 e. The minimum absolute atomic E-state index is 0.0861. The fraction of sp³-hybridized carbons (Fsp3) is 0.176. The molecule has 0 atom stereocenters. The van der Waals surface area contributed by atoms with Crippen molar-refractivity contribution in [3.8, 4) is 5.75 Å². The van der Waals surface area contributed by atoms with E-state index < -0.39 is 6.09 Å². The zero-order valence-corrected chi connectivity index (χ0v) is 13.7. The van der Waals surface area contributed by atoms with Crippen LogP contribution in [0.3, 0.4) is 0 Å². The number of hydrogen-bond acceptors (Lipinski definition) is 4. The number of ether oxygens (including phenoxy) is 2. The maximum absolute atomic E-state index is 12.2. The predicted molar refractivity (Wildman–Crippen MR) is 90.8 cm³/mol. The molecule has 1 N–H and O–H groups in total. The van der Waals surface area contributed by atoms with Crippen LogP contribution in [0.1, 0.15) is 17.3 Å². The average Bonchev–Trinajstić information content (AvgIpc) is 2.99. The van der Waals surface area contributed by atoms with Crippen LogP contribution in [-0.2, 0) is 4.74 Å². The Labute approximate surface area is 143 Å². The van der Waals surface area contributed by atoms with Gasteiger partial charge in [-0.15, -0.1) is 0 Å². The van der Waals surface area contributed by atoms with Gasteiger partial charge in [0.1, 0.15) is 5.75 Å². The number of nitrogens with zero attached hydrogens (tertiary/aromatic N) is 1. The van der Waals surface area contributed by atoms with E-state index in [1.807, 2.05) is 0 Å². The van der Waals surface area contributed by atoms with Gasteiger partial charge in [-0.3, -0.25) is 4.79 Å². The van der Waals surface area contributed by atoms with E-state index in [-0.39, 0.29) is 12.6 Å². The Morgan fingerprint density at radius 3 is 2.71 bits per heavy atom. The highest BCUT2D eigenvalue weighted by Gasteiger charge is 2.27. The van der Waals surface area contributed by atoms with E-state index >= 15 is 0 Å². The zero-order valence-electron chi connectivity index (χ0n) is 12.9. The van der Waals surface area contributed by atoms with Crippen molar-refractivity contribution in [3.05, 3.63) is 53.1 Å². The van der Waals surface area contributed by atoms with E-state index in [4.69, 9.17) is 21.1 Å². The van der Waals surface area contributed by atoms with Crippen LogP contribution in [0.4, 0.5) is 16.2 Å². The molecule has 1 aliphatic heterocycles. The lowest BCUT2D eigenvalue weighted by molar-refractivity contribution is 0.102. The van der Waals surface area contributed by atoms with Crippen LogP contribution in [0.2, 0.25) is 5.02 Å². The number of carbonyl (C=O) groups excluding carboxylic acids is 2. The quantitative estimate of drug-likeness (QED) is 0.915.